The zero-order chi connectivity index (χ0) is 11.2. The maximum absolute atomic E-state index is 10.5. The molecular weight excluding hydrogens is 200 g/mol. The van der Waals surface area contributed by atoms with E-state index in [4.69, 9.17) is 4.74 Å². The summed E-state index contributed by atoms with van der Waals surface area (Å²) in [5, 5.41) is 0. The van der Waals surface area contributed by atoms with Crippen molar-refractivity contribution in [1.82, 2.24) is 0 Å². The van der Waals surface area contributed by atoms with Gasteiger partial charge in [0.2, 0.25) is 6.29 Å². The van der Waals surface area contributed by atoms with E-state index >= 15 is 0 Å². The molecule has 0 aliphatic carbocycles. The lowest BCUT2D eigenvalue weighted by molar-refractivity contribution is 0.306. The lowest BCUT2D eigenvalue weighted by Gasteiger charge is -2.06. The van der Waals surface area contributed by atoms with Crippen molar-refractivity contribution in [1.29, 1.82) is 0 Å². The molecule has 1 radical (unpaired) electrons. The van der Waals surface area contributed by atoms with Gasteiger partial charge in [0.05, 0.1) is 0 Å². The molecule has 0 heterocycles. The minimum Gasteiger partial charge on any atom is -0.489 e. The first-order valence-corrected chi connectivity index (χ1v) is 5.03. The van der Waals surface area contributed by atoms with E-state index in [2.05, 4.69) is 0 Å². The van der Waals surface area contributed by atoms with Crippen LogP contribution in [0.4, 0.5) is 0 Å². The second kappa shape index (κ2) is 5.12. The molecule has 2 aromatic carbocycles. The third kappa shape index (κ3) is 2.70. The zero-order valence-electron chi connectivity index (χ0n) is 8.72. The average molecular weight is 211 g/mol. The molecule has 0 N–H and O–H groups in total. The van der Waals surface area contributed by atoms with Gasteiger partial charge in [-0.2, -0.15) is 0 Å². The smallest absolute Gasteiger partial charge is 0.233 e. The molecule has 0 saturated heterocycles. The Balaban J connectivity index is 2.02. The van der Waals surface area contributed by atoms with Gasteiger partial charge in [0, 0.05) is 5.56 Å². The molecule has 0 amide bonds. The van der Waals surface area contributed by atoms with Crippen molar-refractivity contribution in [2.24, 2.45) is 0 Å². The lowest BCUT2D eigenvalue weighted by atomic mass is 10.2. The average Bonchev–Trinajstić information content (AvgIpc) is 2.38. The van der Waals surface area contributed by atoms with Crippen molar-refractivity contribution >= 4 is 6.29 Å². The summed E-state index contributed by atoms with van der Waals surface area (Å²) in [5.41, 5.74) is 1.61. The number of carbonyl (C=O) groups excluding carboxylic acids is 1. The predicted molar refractivity (Wildman–Crippen MR) is 62.0 cm³/mol. The molecule has 0 fully saturated rings. The first-order chi connectivity index (χ1) is 7.88. The van der Waals surface area contributed by atoms with Crippen molar-refractivity contribution < 1.29 is 9.53 Å². The third-order valence-electron chi connectivity index (χ3n) is 2.20. The van der Waals surface area contributed by atoms with E-state index in [9.17, 15) is 4.79 Å². The highest BCUT2D eigenvalue weighted by molar-refractivity contribution is 5.75. The van der Waals surface area contributed by atoms with Gasteiger partial charge >= 0.3 is 0 Å². The molecule has 0 aliphatic rings. The number of hydrogen-bond acceptors (Lipinski definition) is 2. The van der Waals surface area contributed by atoms with Gasteiger partial charge in [-0.1, -0.05) is 42.5 Å². The van der Waals surface area contributed by atoms with E-state index < -0.39 is 0 Å². The molecule has 0 aromatic heterocycles. The monoisotopic (exact) mass is 211 g/mol. The highest BCUT2D eigenvalue weighted by Gasteiger charge is 1.97. The van der Waals surface area contributed by atoms with Crippen LogP contribution in [-0.4, -0.2) is 6.29 Å². The number of rotatable bonds is 4. The first kappa shape index (κ1) is 10.4. The Hall–Kier alpha value is -2.09. The summed E-state index contributed by atoms with van der Waals surface area (Å²) in [6.07, 6.45) is 1.84. The molecule has 16 heavy (non-hydrogen) atoms. The van der Waals surface area contributed by atoms with Gasteiger partial charge in [0.15, 0.2) is 0 Å². The maximum Gasteiger partial charge on any atom is 0.233 e. The molecule has 2 aromatic rings. The summed E-state index contributed by atoms with van der Waals surface area (Å²) in [6, 6.07) is 16.9. The summed E-state index contributed by atoms with van der Waals surface area (Å²) in [4.78, 5) is 10.5. The highest BCUT2D eigenvalue weighted by Crippen LogP contribution is 2.13. The van der Waals surface area contributed by atoms with E-state index in [-0.39, 0.29) is 0 Å². The summed E-state index contributed by atoms with van der Waals surface area (Å²) < 4.78 is 5.56. The molecule has 2 nitrogen and oxygen atoms in total. The first-order valence-electron chi connectivity index (χ1n) is 5.03. The normalized spacial score (nSPS) is 9.75. The van der Waals surface area contributed by atoms with Gasteiger partial charge in [-0.05, 0) is 17.7 Å². The van der Waals surface area contributed by atoms with Crippen LogP contribution >= 0.6 is 0 Å². The standard InChI is InChI=1S/C14H11O2/c15-10-13-7-4-8-14(9-13)16-11-12-5-2-1-3-6-12/h1-9H,11H2. The molecule has 0 unspecified atom stereocenters. The summed E-state index contributed by atoms with van der Waals surface area (Å²) in [5.74, 6) is 0.685. The minimum absolute atomic E-state index is 0.503. The molecule has 0 spiro atoms. The predicted octanol–water partition coefficient (Wildman–Crippen LogP) is 2.72. The molecule has 2 heteroatoms. The van der Waals surface area contributed by atoms with E-state index in [0.717, 1.165) is 5.56 Å². The van der Waals surface area contributed by atoms with E-state index in [1.54, 1.807) is 18.2 Å². The van der Waals surface area contributed by atoms with Gasteiger partial charge in [-0.15, -0.1) is 0 Å². The summed E-state index contributed by atoms with van der Waals surface area (Å²) in [6.45, 7) is 0.503. The summed E-state index contributed by atoms with van der Waals surface area (Å²) >= 11 is 0. The molecule has 0 bridgehead atoms. The van der Waals surface area contributed by atoms with E-state index in [0.29, 0.717) is 17.9 Å². The summed E-state index contributed by atoms with van der Waals surface area (Å²) in [7, 11) is 0. The highest BCUT2D eigenvalue weighted by atomic mass is 16.5. The Labute approximate surface area is 94.5 Å². The van der Waals surface area contributed by atoms with Crippen LogP contribution in [0.2, 0.25) is 0 Å². The second-order valence-corrected chi connectivity index (χ2v) is 3.40. The molecule has 0 atom stereocenters. The van der Waals surface area contributed by atoms with Gasteiger partial charge in [-0.25, -0.2) is 0 Å². The van der Waals surface area contributed by atoms with Crippen LogP contribution in [-0.2, 0) is 11.4 Å². The Bertz CT molecular complexity index is 463. The number of hydrogen-bond donors (Lipinski definition) is 0. The van der Waals surface area contributed by atoms with Crippen molar-refractivity contribution in [3.8, 4) is 5.75 Å². The minimum atomic E-state index is 0.503. The van der Waals surface area contributed by atoms with Crippen LogP contribution in [0.3, 0.4) is 0 Å². The van der Waals surface area contributed by atoms with Crippen LogP contribution in [0.5, 0.6) is 5.75 Å². The van der Waals surface area contributed by atoms with Gasteiger partial charge in [0.1, 0.15) is 12.4 Å². The lowest BCUT2D eigenvalue weighted by Crippen LogP contribution is -1.95. The van der Waals surface area contributed by atoms with Crippen LogP contribution in [0.25, 0.3) is 0 Å². The van der Waals surface area contributed by atoms with Crippen LogP contribution in [0.15, 0.2) is 54.6 Å². The van der Waals surface area contributed by atoms with Crippen LogP contribution in [0, 0.1) is 0 Å². The van der Waals surface area contributed by atoms with Crippen molar-refractivity contribution in [3.63, 3.8) is 0 Å². The quantitative estimate of drug-likeness (QED) is 0.777. The van der Waals surface area contributed by atoms with Gasteiger partial charge in [0.25, 0.3) is 0 Å². The molecule has 0 saturated carbocycles. The van der Waals surface area contributed by atoms with Crippen molar-refractivity contribution in [2.75, 3.05) is 0 Å². The Morgan fingerprint density at radius 3 is 2.56 bits per heavy atom. The van der Waals surface area contributed by atoms with Gasteiger partial charge in [-0.3, -0.25) is 4.79 Å². The van der Waals surface area contributed by atoms with Crippen LogP contribution in [0.1, 0.15) is 11.1 Å². The van der Waals surface area contributed by atoms with E-state index in [1.165, 1.54) is 0 Å². The van der Waals surface area contributed by atoms with Gasteiger partial charge < -0.3 is 4.74 Å². The van der Waals surface area contributed by atoms with Crippen molar-refractivity contribution in [2.45, 2.75) is 6.61 Å². The largest absolute Gasteiger partial charge is 0.489 e. The fourth-order valence-electron chi connectivity index (χ4n) is 1.39. The second-order valence-electron chi connectivity index (χ2n) is 3.40. The number of benzene rings is 2. The zero-order valence-corrected chi connectivity index (χ0v) is 8.72. The molecule has 0 aliphatic heterocycles. The van der Waals surface area contributed by atoms with Crippen LogP contribution < -0.4 is 4.74 Å². The topological polar surface area (TPSA) is 26.3 Å². The Morgan fingerprint density at radius 1 is 1.00 bits per heavy atom. The van der Waals surface area contributed by atoms with E-state index in [1.807, 2.05) is 42.7 Å². The molecule has 2 rings (SSSR count). The fraction of sp³-hybridized carbons (Fsp3) is 0.0714. The maximum atomic E-state index is 10.5. The molecule has 79 valence electrons. The Kier molecular flexibility index (Phi) is 3.34. The Morgan fingerprint density at radius 2 is 1.81 bits per heavy atom. The number of ether oxygens (including phenoxy) is 1. The third-order valence-corrected chi connectivity index (χ3v) is 2.20. The SMILES string of the molecule is O=[C]c1cccc(OCc2ccccc2)c1. The fourth-order valence-corrected chi connectivity index (χ4v) is 1.39. The van der Waals surface area contributed by atoms with Crippen molar-refractivity contribution in [3.05, 3.63) is 65.7 Å². The molecular formula is C14H11O2.